The third-order valence-electron chi connectivity index (χ3n) is 4.05. The Kier molecular flexibility index (Phi) is 4.96. The Balaban J connectivity index is 1.69. The highest BCUT2D eigenvalue weighted by atomic mass is 32.1. The fraction of sp³-hybridized carbons (Fsp3) is 0.438. The molecule has 0 saturated carbocycles. The van der Waals surface area contributed by atoms with Gasteiger partial charge in [-0.05, 0) is 18.4 Å². The summed E-state index contributed by atoms with van der Waals surface area (Å²) >= 11 is 1.60. The topological polar surface area (TPSA) is 76.5 Å². The third-order valence-corrected chi connectivity index (χ3v) is 4.93. The largest absolute Gasteiger partial charge is 0.375 e. The molecule has 2 aromatic heterocycles. The Hall–Kier alpha value is -2.19. The molecular weight excluding hydrogens is 328 g/mol. The molecular formula is C16H20N4O3S. The van der Waals surface area contributed by atoms with Crippen LogP contribution in [0.15, 0.2) is 23.7 Å². The van der Waals surface area contributed by atoms with Gasteiger partial charge < -0.3 is 19.5 Å². The van der Waals surface area contributed by atoms with Crippen molar-refractivity contribution in [1.82, 2.24) is 19.8 Å². The number of carbonyl (C=O) groups excluding carboxylic acids is 2. The standard InChI is InChI=1S/C16H20N4O3S/c1-11-15-18-13(16(22)17-8-12-4-3-7-24-12)9-19(15)5-6-20(11)14(21)10-23-2/h3-4,7,9,11H,5-6,8,10H2,1-2H3,(H,17,22)/t11-/m1/s1. The third kappa shape index (κ3) is 3.34. The summed E-state index contributed by atoms with van der Waals surface area (Å²) < 4.78 is 6.87. The number of nitrogens with one attached hydrogen (secondary N) is 1. The Morgan fingerprint density at radius 1 is 1.46 bits per heavy atom. The van der Waals surface area contributed by atoms with E-state index in [1.54, 1.807) is 22.4 Å². The molecule has 0 bridgehead atoms. The van der Waals surface area contributed by atoms with Gasteiger partial charge in [0.25, 0.3) is 5.91 Å². The fourth-order valence-electron chi connectivity index (χ4n) is 2.82. The van der Waals surface area contributed by atoms with Crippen LogP contribution < -0.4 is 5.32 Å². The maximum Gasteiger partial charge on any atom is 0.271 e. The molecule has 2 aromatic rings. The van der Waals surface area contributed by atoms with Crippen LogP contribution in [0, 0.1) is 0 Å². The number of thiophene rings is 1. The molecule has 8 heteroatoms. The zero-order valence-electron chi connectivity index (χ0n) is 13.7. The zero-order valence-corrected chi connectivity index (χ0v) is 14.5. The maximum absolute atomic E-state index is 12.3. The molecule has 7 nitrogen and oxygen atoms in total. The molecule has 1 aliphatic heterocycles. The monoisotopic (exact) mass is 348 g/mol. The summed E-state index contributed by atoms with van der Waals surface area (Å²) in [7, 11) is 1.50. The quantitative estimate of drug-likeness (QED) is 0.887. The van der Waals surface area contributed by atoms with E-state index in [0.29, 0.717) is 25.3 Å². The number of nitrogens with zero attached hydrogens (tertiary/aromatic N) is 3. The molecule has 0 radical (unpaired) electrons. The van der Waals surface area contributed by atoms with Gasteiger partial charge in [0, 0.05) is 31.3 Å². The SMILES string of the molecule is COCC(=O)N1CCn2cc(C(=O)NCc3cccs3)nc2[C@H]1C. The minimum absolute atomic E-state index is 0.0548. The molecule has 24 heavy (non-hydrogen) atoms. The van der Waals surface area contributed by atoms with Crippen LogP contribution in [-0.2, 0) is 22.6 Å². The van der Waals surface area contributed by atoms with Gasteiger partial charge >= 0.3 is 0 Å². The average molecular weight is 348 g/mol. The molecule has 0 unspecified atom stereocenters. The molecule has 3 heterocycles. The van der Waals surface area contributed by atoms with E-state index in [4.69, 9.17) is 4.74 Å². The first-order chi connectivity index (χ1) is 11.6. The van der Waals surface area contributed by atoms with Gasteiger partial charge in [-0.25, -0.2) is 4.98 Å². The molecule has 1 atom stereocenters. The second-order valence-electron chi connectivity index (χ2n) is 5.64. The molecule has 1 N–H and O–H groups in total. The van der Waals surface area contributed by atoms with E-state index in [9.17, 15) is 9.59 Å². The second-order valence-corrected chi connectivity index (χ2v) is 6.67. The van der Waals surface area contributed by atoms with E-state index < -0.39 is 0 Å². The number of amides is 2. The fourth-order valence-corrected chi connectivity index (χ4v) is 3.46. The van der Waals surface area contributed by atoms with Crippen LogP contribution in [0.4, 0.5) is 0 Å². The summed E-state index contributed by atoms with van der Waals surface area (Å²) in [6.45, 7) is 3.67. The van der Waals surface area contributed by atoms with Crippen LogP contribution >= 0.6 is 11.3 Å². The lowest BCUT2D eigenvalue weighted by molar-refractivity contribution is -0.138. The summed E-state index contributed by atoms with van der Waals surface area (Å²) in [6.07, 6.45) is 1.76. The number of methoxy groups -OCH3 is 1. The van der Waals surface area contributed by atoms with E-state index in [1.807, 2.05) is 29.0 Å². The van der Waals surface area contributed by atoms with Gasteiger partial charge in [-0.2, -0.15) is 0 Å². The highest BCUT2D eigenvalue weighted by Gasteiger charge is 2.30. The molecule has 0 spiro atoms. The smallest absolute Gasteiger partial charge is 0.271 e. The molecule has 0 saturated heterocycles. The highest BCUT2D eigenvalue weighted by Crippen LogP contribution is 2.24. The number of imidazole rings is 1. The van der Waals surface area contributed by atoms with Crippen molar-refractivity contribution in [2.75, 3.05) is 20.3 Å². The molecule has 1 aliphatic rings. The summed E-state index contributed by atoms with van der Waals surface area (Å²) in [5.41, 5.74) is 0.384. The van der Waals surface area contributed by atoms with Crippen molar-refractivity contribution >= 4 is 23.2 Å². The van der Waals surface area contributed by atoms with Gasteiger partial charge in [-0.15, -0.1) is 11.3 Å². The number of ether oxygens (including phenoxy) is 1. The lowest BCUT2D eigenvalue weighted by atomic mass is 10.2. The van der Waals surface area contributed by atoms with Crippen LogP contribution in [0.1, 0.15) is 34.2 Å². The lowest BCUT2D eigenvalue weighted by Crippen LogP contribution is -2.42. The van der Waals surface area contributed by atoms with Gasteiger partial charge in [-0.1, -0.05) is 6.07 Å². The number of hydrogen-bond donors (Lipinski definition) is 1. The molecule has 2 amide bonds. The summed E-state index contributed by atoms with van der Waals surface area (Å²) in [6, 6.07) is 3.75. The normalized spacial score (nSPS) is 16.8. The first kappa shape index (κ1) is 16.7. The van der Waals surface area contributed by atoms with Crippen LogP contribution in [0.5, 0.6) is 0 Å². The van der Waals surface area contributed by atoms with E-state index >= 15 is 0 Å². The van der Waals surface area contributed by atoms with Crippen molar-refractivity contribution in [2.24, 2.45) is 0 Å². The van der Waals surface area contributed by atoms with Crippen LogP contribution in [0.2, 0.25) is 0 Å². The number of rotatable bonds is 5. The van der Waals surface area contributed by atoms with Crippen LogP contribution in [0.3, 0.4) is 0 Å². The van der Waals surface area contributed by atoms with Gasteiger partial charge in [0.1, 0.15) is 18.1 Å². The lowest BCUT2D eigenvalue weighted by Gasteiger charge is -2.33. The van der Waals surface area contributed by atoms with Gasteiger partial charge in [-0.3, -0.25) is 9.59 Å². The molecule has 128 valence electrons. The Morgan fingerprint density at radius 2 is 2.29 bits per heavy atom. The zero-order chi connectivity index (χ0) is 17.1. The maximum atomic E-state index is 12.3. The van der Waals surface area contributed by atoms with Crippen molar-refractivity contribution in [3.63, 3.8) is 0 Å². The number of hydrogen-bond acceptors (Lipinski definition) is 5. The van der Waals surface area contributed by atoms with Crippen molar-refractivity contribution in [3.05, 3.63) is 40.1 Å². The van der Waals surface area contributed by atoms with E-state index in [1.165, 1.54) is 7.11 Å². The van der Waals surface area contributed by atoms with Gasteiger partial charge in [0.2, 0.25) is 5.91 Å². The van der Waals surface area contributed by atoms with Crippen molar-refractivity contribution in [3.8, 4) is 0 Å². The minimum atomic E-state index is -0.202. The van der Waals surface area contributed by atoms with Gasteiger partial charge in [0.05, 0.1) is 12.6 Å². The van der Waals surface area contributed by atoms with E-state index in [2.05, 4.69) is 10.3 Å². The highest BCUT2D eigenvalue weighted by molar-refractivity contribution is 7.09. The molecule has 0 aliphatic carbocycles. The first-order valence-electron chi connectivity index (χ1n) is 7.76. The van der Waals surface area contributed by atoms with E-state index in [0.717, 1.165) is 10.7 Å². The number of aromatic nitrogens is 2. The predicted octanol–water partition coefficient (Wildman–Crippen LogP) is 1.42. The first-order valence-corrected chi connectivity index (χ1v) is 8.64. The average Bonchev–Trinajstić information content (AvgIpc) is 3.23. The van der Waals surface area contributed by atoms with Crippen molar-refractivity contribution < 1.29 is 14.3 Å². The number of carbonyl (C=O) groups is 2. The number of fused-ring (bicyclic) bond motifs is 1. The Labute approximate surface area is 144 Å². The van der Waals surface area contributed by atoms with Gasteiger partial charge in [0.15, 0.2) is 0 Å². The Bertz CT molecular complexity index is 726. The van der Waals surface area contributed by atoms with Crippen LogP contribution in [-0.4, -0.2) is 46.5 Å². The van der Waals surface area contributed by atoms with Crippen LogP contribution in [0.25, 0.3) is 0 Å². The minimum Gasteiger partial charge on any atom is -0.375 e. The summed E-state index contributed by atoms with van der Waals surface area (Å²) in [5, 5.41) is 4.85. The molecule has 0 aromatic carbocycles. The predicted molar refractivity (Wildman–Crippen MR) is 89.7 cm³/mol. The van der Waals surface area contributed by atoms with Crippen molar-refractivity contribution in [2.45, 2.75) is 26.1 Å². The van der Waals surface area contributed by atoms with Crippen molar-refractivity contribution in [1.29, 1.82) is 0 Å². The molecule has 0 fully saturated rings. The second kappa shape index (κ2) is 7.14. The molecule has 3 rings (SSSR count). The summed E-state index contributed by atoms with van der Waals surface area (Å²) in [5.74, 6) is 0.460. The van der Waals surface area contributed by atoms with E-state index in [-0.39, 0.29) is 24.5 Å². The Morgan fingerprint density at radius 3 is 3.00 bits per heavy atom. The summed E-state index contributed by atoms with van der Waals surface area (Å²) in [4.78, 5) is 31.7.